The van der Waals surface area contributed by atoms with E-state index in [0.29, 0.717) is 35.1 Å². The maximum absolute atomic E-state index is 11.1. The number of nitrogens with zero attached hydrogens (tertiary/aromatic N) is 2. The molecular formula is C32H48N2O6+2. The molecule has 0 aliphatic heterocycles. The van der Waals surface area contributed by atoms with E-state index in [2.05, 4.69) is 64.5 Å². The fourth-order valence-electron chi connectivity index (χ4n) is 5.57. The van der Waals surface area contributed by atoms with Crippen LogP contribution in [0.3, 0.4) is 0 Å². The highest BCUT2D eigenvalue weighted by Gasteiger charge is 2.47. The molecule has 0 saturated heterocycles. The molecule has 0 amide bonds. The second kappa shape index (κ2) is 12.6. The third-order valence-corrected chi connectivity index (χ3v) is 6.99. The van der Waals surface area contributed by atoms with Crippen LogP contribution in [-0.2, 0) is 0 Å². The van der Waals surface area contributed by atoms with Crippen molar-refractivity contribution in [1.82, 2.24) is 0 Å². The molecule has 1 fully saturated rings. The van der Waals surface area contributed by atoms with E-state index in [1.807, 2.05) is 0 Å². The first-order chi connectivity index (χ1) is 18.6. The predicted octanol–water partition coefficient (Wildman–Crippen LogP) is 4.64. The summed E-state index contributed by atoms with van der Waals surface area (Å²) >= 11 is 0. The third kappa shape index (κ3) is 6.78. The summed E-state index contributed by atoms with van der Waals surface area (Å²) in [4.78, 5) is 0. The molecule has 40 heavy (non-hydrogen) atoms. The fraction of sp³-hybridized carbons (Fsp3) is 0.562. The second-order valence-corrected chi connectivity index (χ2v) is 12.8. The maximum Gasteiger partial charge on any atom is 0.207 e. The quantitative estimate of drug-likeness (QED) is 0.242. The predicted molar refractivity (Wildman–Crippen MR) is 158 cm³/mol. The molecular weight excluding hydrogens is 508 g/mol. The molecule has 0 atom stereocenters. The van der Waals surface area contributed by atoms with Crippen LogP contribution >= 0.6 is 0 Å². The summed E-state index contributed by atoms with van der Waals surface area (Å²) in [5.41, 5.74) is 1.23. The molecule has 0 aromatic rings. The molecule has 0 spiro atoms. The Bertz CT molecular complexity index is 1090. The first-order valence-electron chi connectivity index (χ1n) is 14.3. The molecule has 0 bridgehead atoms. The van der Waals surface area contributed by atoms with Gasteiger partial charge in [-0.15, -0.1) is 0 Å². The molecule has 6 N–H and O–H groups in total. The Morgan fingerprint density at radius 1 is 0.500 bits per heavy atom. The second-order valence-electron chi connectivity index (χ2n) is 12.8. The van der Waals surface area contributed by atoms with Crippen molar-refractivity contribution in [2.24, 2.45) is 23.7 Å². The Balaban J connectivity index is 2.04. The third-order valence-electron chi connectivity index (χ3n) is 6.99. The molecule has 3 rings (SSSR count). The van der Waals surface area contributed by atoms with Crippen molar-refractivity contribution in [2.75, 3.05) is 26.2 Å². The number of hydrogen-bond acceptors (Lipinski definition) is 6. The van der Waals surface area contributed by atoms with Crippen molar-refractivity contribution in [1.29, 1.82) is 0 Å². The van der Waals surface area contributed by atoms with Crippen molar-refractivity contribution in [3.8, 4) is 0 Å². The van der Waals surface area contributed by atoms with Gasteiger partial charge < -0.3 is 30.6 Å². The van der Waals surface area contributed by atoms with Crippen LogP contribution in [0.5, 0.6) is 0 Å². The molecule has 3 aliphatic rings. The van der Waals surface area contributed by atoms with Gasteiger partial charge in [0.1, 0.15) is 61.4 Å². The van der Waals surface area contributed by atoms with E-state index in [1.54, 1.807) is 0 Å². The Morgan fingerprint density at radius 3 is 0.925 bits per heavy atom. The largest absolute Gasteiger partial charge is 0.507 e. The Labute approximate surface area is 238 Å². The molecule has 220 valence electrons. The molecule has 0 aromatic carbocycles. The normalized spacial score (nSPS) is 21.8. The summed E-state index contributed by atoms with van der Waals surface area (Å²) in [5, 5.41) is 65.8. The molecule has 0 unspecified atom stereocenters. The van der Waals surface area contributed by atoms with Gasteiger partial charge in [0.05, 0.1) is 35.5 Å². The Kier molecular flexibility index (Phi) is 9.90. The summed E-state index contributed by atoms with van der Waals surface area (Å²) in [7, 11) is 0. The van der Waals surface area contributed by atoms with Gasteiger partial charge in [0.25, 0.3) is 0 Å². The zero-order valence-corrected chi connectivity index (χ0v) is 25.2. The van der Waals surface area contributed by atoms with Gasteiger partial charge in [0.15, 0.2) is 0 Å². The van der Waals surface area contributed by atoms with Crippen LogP contribution in [0, 0.1) is 23.7 Å². The standard InChI is InChI=1S/C32H46N2O6/c1-17(2)13-33(14-18(3)4)21-9-23(35)27(24(36)10-21)29-31(39)30(32(29)40)28-25(37)11-22(12-26(28)38)34(15-19(5)6)16-20(7)8/h9-12,17-20,31-32,39-40H,13-16H2,1-8H3,(H2,35,36,37,38)/p+2. The van der Waals surface area contributed by atoms with Crippen LogP contribution in [0.1, 0.15) is 55.4 Å². The summed E-state index contributed by atoms with van der Waals surface area (Å²) in [6.45, 7) is 19.7. The van der Waals surface area contributed by atoms with Gasteiger partial charge in [-0.2, -0.15) is 0 Å². The molecule has 0 radical (unpaired) electrons. The summed E-state index contributed by atoms with van der Waals surface area (Å²) in [5.74, 6) is 0.391. The molecule has 0 heterocycles. The van der Waals surface area contributed by atoms with Crippen molar-refractivity contribution >= 4 is 11.4 Å². The number of aliphatic hydroxyl groups is 6. The lowest BCUT2D eigenvalue weighted by atomic mass is 9.71. The highest BCUT2D eigenvalue weighted by Crippen LogP contribution is 2.44. The summed E-state index contributed by atoms with van der Waals surface area (Å²) in [6, 6.07) is 0. The SMILES string of the molecule is CC(C)C[N+](CC(C)C)=C1C=C(O)C(=C2C(O)C(=C3C(O)=CC(=[N+](CC(C)C)CC(C)C)C=C3O)C2O)C(O)=C1. The number of allylic oxidation sites excluding steroid dienone is 4. The topological polar surface area (TPSA) is 127 Å². The van der Waals surface area contributed by atoms with E-state index < -0.39 is 12.2 Å². The zero-order valence-electron chi connectivity index (χ0n) is 25.2. The van der Waals surface area contributed by atoms with Gasteiger partial charge in [-0.05, 0) is 0 Å². The maximum atomic E-state index is 11.1. The van der Waals surface area contributed by atoms with Crippen LogP contribution in [-0.4, -0.2) is 89.6 Å². The van der Waals surface area contributed by atoms with Crippen LogP contribution in [0.4, 0.5) is 0 Å². The molecule has 0 aromatic heterocycles. The van der Waals surface area contributed by atoms with Crippen LogP contribution in [0.15, 0.2) is 69.6 Å². The van der Waals surface area contributed by atoms with Gasteiger partial charge in [-0.1, -0.05) is 55.4 Å². The van der Waals surface area contributed by atoms with E-state index in [-0.39, 0.29) is 45.3 Å². The number of rotatable bonds is 8. The first-order valence-corrected chi connectivity index (χ1v) is 14.3. The minimum absolute atomic E-state index is 0.0138. The van der Waals surface area contributed by atoms with Gasteiger partial charge in [0, 0.05) is 34.8 Å². The van der Waals surface area contributed by atoms with Gasteiger partial charge in [-0.25, -0.2) is 9.15 Å². The van der Waals surface area contributed by atoms with Crippen molar-refractivity contribution in [3.63, 3.8) is 0 Å². The smallest absolute Gasteiger partial charge is 0.207 e. The lowest BCUT2D eigenvalue weighted by molar-refractivity contribution is -0.538. The highest BCUT2D eigenvalue weighted by atomic mass is 16.3. The van der Waals surface area contributed by atoms with Gasteiger partial charge in [-0.3, -0.25) is 0 Å². The Hall–Kier alpha value is -3.10. The van der Waals surface area contributed by atoms with E-state index in [1.165, 1.54) is 24.3 Å². The Morgan fingerprint density at radius 2 is 0.725 bits per heavy atom. The van der Waals surface area contributed by atoms with Crippen LogP contribution < -0.4 is 0 Å². The van der Waals surface area contributed by atoms with E-state index >= 15 is 0 Å². The van der Waals surface area contributed by atoms with Crippen LogP contribution in [0.25, 0.3) is 0 Å². The molecule has 8 nitrogen and oxygen atoms in total. The minimum Gasteiger partial charge on any atom is -0.507 e. The van der Waals surface area contributed by atoms with Crippen LogP contribution in [0.2, 0.25) is 0 Å². The fourth-order valence-corrected chi connectivity index (χ4v) is 5.57. The molecule has 8 heteroatoms. The van der Waals surface area contributed by atoms with Crippen molar-refractivity contribution in [2.45, 2.75) is 67.6 Å². The number of aliphatic hydroxyl groups excluding tert-OH is 6. The van der Waals surface area contributed by atoms with Gasteiger partial charge >= 0.3 is 0 Å². The van der Waals surface area contributed by atoms with E-state index in [4.69, 9.17) is 0 Å². The zero-order chi connectivity index (χ0) is 30.0. The average Bonchev–Trinajstić information content (AvgIpc) is 2.81. The molecule has 3 aliphatic carbocycles. The number of hydrogen-bond donors (Lipinski definition) is 6. The monoisotopic (exact) mass is 556 g/mol. The first kappa shape index (κ1) is 31.4. The van der Waals surface area contributed by atoms with Crippen molar-refractivity contribution < 1.29 is 39.8 Å². The van der Waals surface area contributed by atoms with E-state index in [9.17, 15) is 30.6 Å². The summed E-state index contributed by atoms with van der Waals surface area (Å²) in [6.07, 6.45) is 3.31. The van der Waals surface area contributed by atoms with E-state index in [0.717, 1.165) is 26.2 Å². The minimum atomic E-state index is -1.41. The lowest BCUT2D eigenvalue weighted by Crippen LogP contribution is -2.44. The lowest BCUT2D eigenvalue weighted by Gasteiger charge is -2.39. The summed E-state index contributed by atoms with van der Waals surface area (Å²) < 4.78 is 4.18. The van der Waals surface area contributed by atoms with Crippen molar-refractivity contribution in [3.05, 3.63) is 69.6 Å². The highest BCUT2D eigenvalue weighted by molar-refractivity contribution is 6.04. The van der Waals surface area contributed by atoms with Gasteiger partial charge in [0.2, 0.25) is 11.4 Å². The molecule has 1 saturated carbocycles. The average molecular weight is 557 g/mol.